The molecule has 0 saturated heterocycles. The number of aryl methyl sites for hydroxylation is 2. The molecule has 0 aliphatic rings. The van der Waals surface area contributed by atoms with Gasteiger partial charge >= 0.3 is 0 Å². The third kappa shape index (κ3) is 6.93. The average Bonchev–Trinajstić information content (AvgIpc) is 2.68. The molecular weight excluding hydrogens is 384 g/mol. The molecule has 29 heavy (non-hydrogen) atoms. The average molecular weight is 413 g/mol. The molecule has 0 amide bonds. The first-order chi connectivity index (χ1) is 13.7. The summed E-state index contributed by atoms with van der Waals surface area (Å²) in [5.74, 6) is 0. The number of nitrogens with zero attached hydrogens (tertiary/aromatic N) is 1. The summed E-state index contributed by atoms with van der Waals surface area (Å²) in [7, 11) is -4.14. The Kier molecular flexibility index (Phi) is 7.82. The van der Waals surface area contributed by atoms with Gasteiger partial charge in [-0.2, -0.15) is 8.42 Å². The highest BCUT2D eigenvalue weighted by Gasteiger charge is 2.12. The van der Waals surface area contributed by atoms with Crippen LogP contribution in [0.25, 0.3) is 0 Å². The zero-order valence-corrected chi connectivity index (χ0v) is 17.9. The van der Waals surface area contributed by atoms with Gasteiger partial charge < -0.3 is 10.6 Å². The minimum Gasteiger partial charge on any atom is -0.399 e. The van der Waals surface area contributed by atoms with E-state index < -0.39 is 10.1 Å². The molecule has 0 atom stereocenters. The zero-order valence-electron chi connectivity index (χ0n) is 17.0. The monoisotopic (exact) mass is 412 g/mol. The number of benzene rings is 3. The summed E-state index contributed by atoms with van der Waals surface area (Å²) in [4.78, 5) is 2.25. The number of hydrogen-bond acceptors (Lipinski definition) is 4. The van der Waals surface area contributed by atoms with E-state index in [9.17, 15) is 8.42 Å². The van der Waals surface area contributed by atoms with Crippen molar-refractivity contribution < 1.29 is 13.0 Å². The molecule has 0 saturated carbocycles. The van der Waals surface area contributed by atoms with E-state index in [2.05, 4.69) is 73.3 Å². The van der Waals surface area contributed by atoms with Crippen LogP contribution in [-0.4, -0.2) is 19.5 Å². The van der Waals surface area contributed by atoms with Crippen LogP contribution in [0.4, 0.5) is 11.4 Å². The van der Waals surface area contributed by atoms with Crippen molar-refractivity contribution in [2.75, 3.05) is 17.2 Å². The Morgan fingerprint density at radius 2 is 1.62 bits per heavy atom. The van der Waals surface area contributed by atoms with E-state index in [1.54, 1.807) is 19.1 Å². The van der Waals surface area contributed by atoms with Gasteiger partial charge in [-0.1, -0.05) is 48.5 Å². The predicted octanol–water partition coefficient (Wildman–Crippen LogP) is 4.85. The van der Waals surface area contributed by atoms with Crippen molar-refractivity contribution in [2.45, 2.75) is 32.2 Å². The van der Waals surface area contributed by atoms with E-state index in [0.717, 1.165) is 13.1 Å². The van der Waals surface area contributed by atoms with Gasteiger partial charge in [-0.15, -0.1) is 0 Å². The third-order valence-corrected chi connectivity index (χ3v) is 5.45. The van der Waals surface area contributed by atoms with Crippen LogP contribution in [0.5, 0.6) is 0 Å². The van der Waals surface area contributed by atoms with E-state index >= 15 is 0 Å². The van der Waals surface area contributed by atoms with Crippen LogP contribution in [0.1, 0.15) is 23.6 Å². The van der Waals surface area contributed by atoms with E-state index in [1.807, 2.05) is 0 Å². The molecule has 154 valence electrons. The Morgan fingerprint density at radius 3 is 2.17 bits per heavy atom. The fourth-order valence-corrected chi connectivity index (χ4v) is 3.67. The lowest BCUT2D eigenvalue weighted by atomic mass is 10.1. The smallest absolute Gasteiger partial charge is 0.294 e. The van der Waals surface area contributed by atoms with E-state index in [1.165, 1.54) is 22.9 Å². The van der Waals surface area contributed by atoms with Gasteiger partial charge in [0.15, 0.2) is 0 Å². The quantitative estimate of drug-likeness (QED) is 0.462. The van der Waals surface area contributed by atoms with Crippen LogP contribution in [0, 0.1) is 13.8 Å². The van der Waals surface area contributed by atoms with Crippen LogP contribution < -0.4 is 10.6 Å². The van der Waals surface area contributed by atoms with Gasteiger partial charge in [0.1, 0.15) is 0 Å². The first-order valence-corrected chi connectivity index (χ1v) is 10.8. The Hall–Kier alpha value is -2.83. The van der Waals surface area contributed by atoms with Crippen molar-refractivity contribution in [3.05, 3.63) is 89.5 Å². The highest BCUT2D eigenvalue weighted by molar-refractivity contribution is 7.85. The lowest BCUT2D eigenvalue weighted by Crippen LogP contribution is -2.21. The normalized spacial score (nSPS) is 10.8. The lowest BCUT2D eigenvalue weighted by molar-refractivity contribution is 0.482. The largest absolute Gasteiger partial charge is 0.399 e. The molecule has 0 aliphatic heterocycles. The summed E-state index contributed by atoms with van der Waals surface area (Å²) in [5, 5.41) is 0. The van der Waals surface area contributed by atoms with E-state index in [-0.39, 0.29) is 4.90 Å². The molecule has 0 heterocycles. The zero-order chi connectivity index (χ0) is 21.4. The number of anilines is 2. The second-order valence-electron chi connectivity index (χ2n) is 6.84. The van der Waals surface area contributed by atoms with Crippen molar-refractivity contribution >= 4 is 21.5 Å². The fraction of sp³-hybridized carbons (Fsp3) is 0.217. The summed E-state index contributed by atoms with van der Waals surface area (Å²) in [6.07, 6.45) is 0. The summed E-state index contributed by atoms with van der Waals surface area (Å²) in [6, 6.07) is 23.6. The van der Waals surface area contributed by atoms with Gasteiger partial charge in [-0.25, -0.2) is 0 Å². The molecule has 0 aliphatic carbocycles. The fourth-order valence-electron chi connectivity index (χ4n) is 2.91. The first kappa shape index (κ1) is 22.5. The summed E-state index contributed by atoms with van der Waals surface area (Å²) in [5.41, 5.74) is 10.1. The summed E-state index contributed by atoms with van der Waals surface area (Å²) >= 11 is 0. The molecule has 5 nitrogen and oxygen atoms in total. The predicted molar refractivity (Wildman–Crippen MR) is 120 cm³/mol. The van der Waals surface area contributed by atoms with Crippen molar-refractivity contribution in [3.8, 4) is 0 Å². The molecule has 0 radical (unpaired) electrons. The molecule has 0 fully saturated rings. The third-order valence-electron chi connectivity index (χ3n) is 4.45. The molecule has 0 bridgehead atoms. The standard InChI is InChI=1S/C16H19N.C7H9NO3S/c1-3-17(13-15-9-5-4-6-10-15)16-11-7-8-14(2)12-16;1-5-2-3-6(8)4-7(5)12(9,10)11/h4-12H,3,13H2,1-2H3;2-4H,8H2,1H3,(H,9,10,11). The maximum atomic E-state index is 10.7. The van der Waals surface area contributed by atoms with Gasteiger partial charge in [0, 0.05) is 24.5 Å². The van der Waals surface area contributed by atoms with Crippen LogP contribution >= 0.6 is 0 Å². The SMILES string of the molecule is CCN(Cc1ccccc1)c1cccc(C)c1.Cc1ccc(N)cc1S(=O)(=O)O. The van der Waals surface area contributed by atoms with Gasteiger partial charge in [0.05, 0.1) is 4.90 Å². The number of rotatable bonds is 5. The maximum absolute atomic E-state index is 10.7. The molecular formula is C23H28N2O3S. The van der Waals surface area contributed by atoms with Gasteiger partial charge in [-0.05, 0) is 61.7 Å². The molecule has 3 aromatic rings. The highest BCUT2D eigenvalue weighted by atomic mass is 32.2. The lowest BCUT2D eigenvalue weighted by Gasteiger charge is -2.23. The van der Waals surface area contributed by atoms with Crippen molar-refractivity contribution in [3.63, 3.8) is 0 Å². The topological polar surface area (TPSA) is 83.6 Å². The Balaban J connectivity index is 0.000000221. The Labute approximate surface area is 173 Å². The number of nitrogens with two attached hydrogens (primary N) is 1. The van der Waals surface area contributed by atoms with Gasteiger partial charge in [0.25, 0.3) is 10.1 Å². The van der Waals surface area contributed by atoms with Gasteiger partial charge in [0.2, 0.25) is 0 Å². The van der Waals surface area contributed by atoms with Crippen molar-refractivity contribution in [1.82, 2.24) is 0 Å². The molecule has 0 unspecified atom stereocenters. The number of nitrogen functional groups attached to an aromatic ring is 1. The molecule has 0 spiro atoms. The van der Waals surface area contributed by atoms with E-state index in [0.29, 0.717) is 11.3 Å². The minimum absolute atomic E-state index is 0.137. The van der Waals surface area contributed by atoms with E-state index in [4.69, 9.17) is 10.3 Å². The molecule has 3 rings (SSSR count). The molecule has 0 aromatic heterocycles. The molecule has 6 heteroatoms. The molecule has 3 aromatic carbocycles. The number of hydrogen-bond donors (Lipinski definition) is 2. The second-order valence-corrected chi connectivity index (χ2v) is 8.23. The first-order valence-electron chi connectivity index (χ1n) is 9.40. The summed E-state index contributed by atoms with van der Waals surface area (Å²) in [6.45, 7) is 7.92. The Morgan fingerprint density at radius 1 is 0.931 bits per heavy atom. The van der Waals surface area contributed by atoms with Crippen LogP contribution in [0.2, 0.25) is 0 Å². The van der Waals surface area contributed by atoms with Crippen molar-refractivity contribution in [1.29, 1.82) is 0 Å². The van der Waals surface area contributed by atoms with Crippen LogP contribution in [-0.2, 0) is 16.7 Å². The molecule has 3 N–H and O–H groups in total. The highest BCUT2D eigenvalue weighted by Crippen LogP contribution is 2.18. The minimum atomic E-state index is -4.14. The summed E-state index contributed by atoms with van der Waals surface area (Å²) < 4.78 is 30.1. The van der Waals surface area contributed by atoms with Crippen molar-refractivity contribution in [2.24, 2.45) is 0 Å². The van der Waals surface area contributed by atoms with Crippen LogP contribution in [0.3, 0.4) is 0 Å². The second kappa shape index (κ2) is 10.1. The van der Waals surface area contributed by atoms with Gasteiger partial charge in [-0.3, -0.25) is 4.55 Å². The maximum Gasteiger partial charge on any atom is 0.294 e. The Bertz CT molecular complexity index is 1030. The van der Waals surface area contributed by atoms with Crippen LogP contribution in [0.15, 0.2) is 77.7 Å².